The summed E-state index contributed by atoms with van der Waals surface area (Å²) in [5.41, 5.74) is 6.18. The van der Waals surface area contributed by atoms with Crippen molar-refractivity contribution in [2.45, 2.75) is 84.8 Å². The fourth-order valence-corrected chi connectivity index (χ4v) is 3.03. The van der Waals surface area contributed by atoms with Gasteiger partial charge in [-0.05, 0) is 37.0 Å². The quantitative estimate of drug-likeness (QED) is 0.775. The van der Waals surface area contributed by atoms with Crippen LogP contribution in [-0.4, -0.2) is 18.1 Å². The third kappa shape index (κ3) is 6.95. The van der Waals surface area contributed by atoms with Crippen molar-refractivity contribution in [1.82, 2.24) is 0 Å². The molecular weight excluding hydrogens is 238 g/mol. The largest absolute Gasteiger partial charge is 0.462 e. The standard InChI is InChI=1S/C16H31NO2/c1-5-12-7-6-8-14(9-12)19-15(18)10-13(17)11-16(2,3)4/h12-14H,5-11,17H2,1-4H3. The van der Waals surface area contributed by atoms with Gasteiger partial charge in [0.2, 0.25) is 0 Å². The maximum atomic E-state index is 11.9. The van der Waals surface area contributed by atoms with E-state index in [2.05, 4.69) is 27.7 Å². The van der Waals surface area contributed by atoms with Gasteiger partial charge in [0.1, 0.15) is 6.10 Å². The van der Waals surface area contributed by atoms with Gasteiger partial charge >= 0.3 is 5.97 Å². The van der Waals surface area contributed by atoms with E-state index < -0.39 is 0 Å². The lowest BCUT2D eigenvalue weighted by molar-refractivity contribution is -0.151. The molecule has 3 nitrogen and oxygen atoms in total. The van der Waals surface area contributed by atoms with E-state index in [1.807, 2.05) is 0 Å². The molecule has 2 N–H and O–H groups in total. The molecule has 1 rings (SSSR count). The number of carbonyl (C=O) groups excluding carboxylic acids is 1. The Morgan fingerprint density at radius 1 is 1.37 bits per heavy atom. The van der Waals surface area contributed by atoms with Crippen LogP contribution in [0.15, 0.2) is 0 Å². The van der Waals surface area contributed by atoms with Crippen molar-refractivity contribution in [2.24, 2.45) is 17.1 Å². The molecule has 0 amide bonds. The van der Waals surface area contributed by atoms with E-state index in [9.17, 15) is 4.79 Å². The highest BCUT2D eigenvalue weighted by atomic mass is 16.5. The fraction of sp³-hybridized carbons (Fsp3) is 0.938. The lowest BCUT2D eigenvalue weighted by atomic mass is 9.85. The summed E-state index contributed by atoms with van der Waals surface area (Å²) in [4.78, 5) is 11.9. The molecule has 3 unspecified atom stereocenters. The predicted octanol–water partition coefficient (Wildman–Crippen LogP) is 3.65. The molecule has 19 heavy (non-hydrogen) atoms. The fourth-order valence-electron chi connectivity index (χ4n) is 3.03. The summed E-state index contributed by atoms with van der Waals surface area (Å²) >= 11 is 0. The van der Waals surface area contributed by atoms with E-state index >= 15 is 0 Å². The van der Waals surface area contributed by atoms with Crippen LogP contribution in [0.25, 0.3) is 0 Å². The van der Waals surface area contributed by atoms with Gasteiger partial charge in [0.25, 0.3) is 0 Å². The Kier molecular flexibility index (Phi) is 6.31. The van der Waals surface area contributed by atoms with E-state index in [0.29, 0.717) is 6.42 Å². The minimum atomic E-state index is -0.112. The molecule has 0 saturated heterocycles. The smallest absolute Gasteiger partial charge is 0.307 e. The van der Waals surface area contributed by atoms with Crippen molar-refractivity contribution in [3.05, 3.63) is 0 Å². The van der Waals surface area contributed by atoms with Crippen LogP contribution in [0.4, 0.5) is 0 Å². The first-order chi connectivity index (χ1) is 8.80. The minimum Gasteiger partial charge on any atom is -0.462 e. The molecule has 0 aromatic rings. The lowest BCUT2D eigenvalue weighted by Crippen LogP contribution is -2.32. The maximum absolute atomic E-state index is 11.9. The molecule has 1 fully saturated rings. The number of carbonyl (C=O) groups is 1. The van der Waals surface area contributed by atoms with Crippen LogP contribution in [0.3, 0.4) is 0 Å². The van der Waals surface area contributed by atoms with Crippen molar-refractivity contribution < 1.29 is 9.53 Å². The highest BCUT2D eigenvalue weighted by Crippen LogP contribution is 2.29. The molecule has 1 aliphatic rings. The van der Waals surface area contributed by atoms with Gasteiger partial charge in [-0.3, -0.25) is 4.79 Å². The zero-order valence-corrected chi connectivity index (χ0v) is 13.1. The topological polar surface area (TPSA) is 52.3 Å². The van der Waals surface area contributed by atoms with Crippen molar-refractivity contribution in [1.29, 1.82) is 0 Å². The average molecular weight is 269 g/mol. The van der Waals surface area contributed by atoms with Crippen LogP contribution in [0.2, 0.25) is 0 Å². The zero-order valence-electron chi connectivity index (χ0n) is 13.1. The van der Waals surface area contributed by atoms with Gasteiger partial charge in [0, 0.05) is 6.04 Å². The molecular formula is C16H31NO2. The number of ether oxygens (including phenoxy) is 1. The molecule has 0 bridgehead atoms. The predicted molar refractivity (Wildman–Crippen MR) is 78.8 cm³/mol. The van der Waals surface area contributed by atoms with E-state index in [4.69, 9.17) is 10.5 Å². The normalized spacial score (nSPS) is 25.9. The first-order valence-electron chi connectivity index (χ1n) is 7.75. The Bertz CT molecular complexity index is 283. The molecule has 3 atom stereocenters. The van der Waals surface area contributed by atoms with Crippen LogP contribution in [0, 0.1) is 11.3 Å². The molecule has 0 aromatic carbocycles. The number of hydrogen-bond acceptors (Lipinski definition) is 3. The van der Waals surface area contributed by atoms with Crippen LogP contribution in [-0.2, 0) is 9.53 Å². The van der Waals surface area contributed by atoms with E-state index in [0.717, 1.165) is 25.2 Å². The van der Waals surface area contributed by atoms with Gasteiger partial charge in [0.15, 0.2) is 0 Å². The molecule has 112 valence electrons. The van der Waals surface area contributed by atoms with E-state index in [-0.39, 0.29) is 23.5 Å². The molecule has 3 heteroatoms. The Hall–Kier alpha value is -0.570. The van der Waals surface area contributed by atoms with Gasteiger partial charge < -0.3 is 10.5 Å². The van der Waals surface area contributed by atoms with Crippen molar-refractivity contribution in [3.8, 4) is 0 Å². The number of rotatable bonds is 5. The first kappa shape index (κ1) is 16.5. The van der Waals surface area contributed by atoms with Gasteiger partial charge in [0.05, 0.1) is 6.42 Å². The number of esters is 1. The second-order valence-electron chi connectivity index (χ2n) is 7.28. The minimum absolute atomic E-state index is 0.0851. The maximum Gasteiger partial charge on any atom is 0.307 e. The molecule has 0 aromatic heterocycles. The second kappa shape index (κ2) is 7.28. The highest BCUT2D eigenvalue weighted by Gasteiger charge is 2.25. The Labute approximate surface area is 118 Å². The van der Waals surface area contributed by atoms with Gasteiger partial charge in [-0.1, -0.05) is 40.5 Å². The average Bonchev–Trinajstić information content (AvgIpc) is 2.26. The molecule has 0 radical (unpaired) electrons. The van der Waals surface area contributed by atoms with Gasteiger partial charge in [-0.2, -0.15) is 0 Å². The van der Waals surface area contributed by atoms with Crippen LogP contribution < -0.4 is 5.73 Å². The number of hydrogen-bond donors (Lipinski definition) is 1. The van der Waals surface area contributed by atoms with Gasteiger partial charge in [-0.15, -0.1) is 0 Å². The Morgan fingerprint density at radius 3 is 2.63 bits per heavy atom. The summed E-state index contributed by atoms with van der Waals surface area (Å²) in [7, 11) is 0. The molecule has 1 aliphatic carbocycles. The first-order valence-corrected chi connectivity index (χ1v) is 7.75. The Morgan fingerprint density at radius 2 is 2.05 bits per heavy atom. The summed E-state index contributed by atoms with van der Waals surface area (Å²) in [6.45, 7) is 8.65. The van der Waals surface area contributed by atoms with Crippen LogP contribution >= 0.6 is 0 Å². The van der Waals surface area contributed by atoms with E-state index in [1.165, 1.54) is 19.3 Å². The van der Waals surface area contributed by atoms with Crippen LogP contribution in [0.5, 0.6) is 0 Å². The highest BCUT2D eigenvalue weighted by molar-refractivity contribution is 5.70. The summed E-state index contributed by atoms with van der Waals surface area (Å²) in [6, 6.07) is -0.0851. The summed E-state index contributed by atoms with van der Waals surface area (Å²) in [6.07, 6.45) is 7.06. The van der Waals surface area contributed by atoms with Crippen LogP contribution in [0.1, 0.15) is 72.6 Å². The van der Waals surface area contributed by atoms with Crippen molar-refractivity contribution in [2.75, 3.05) is 0 Å². The van der Waals surface area contributed by atoms with Crippen molar-refractivity contribution in [3.63, 3.8) is 0 Å². The third-order valence-corrected chi connectivity index (χ3v) is 3.91. The molecule has 0 spiro atoms. The summed E-state index contributed by atoms with van der Waals surface area (Å²) < 4.78 is 5.59. The summed E-state index contributed by atoms with van der Waals surface area (Å²) in [5.74, 6) is 0.619. The zero-order chi connectivity index (χ0) is 14.5. The third-order valence-electron chi connectivity index (χ3n) is 3.91. The SMILES string of the molecule is CCC1CCCC(OC(=O)CC(N)CC(C)(C)C)C1. The van der Waals surface area contributed by atoms with E-state index in [1.54, 1.807) is 0 Å². The molecule has 1 saturated carbocycles. The van der Waals surface area contributed by atoms with Crippen molar-refractivity contribution >= 4 is 5.97 Å². The monoisotopic (exact) mass is 269 g/mol. The summed E-state index contributed by atoms with van der Waals surface area (Å²) in [5, 5.41) is 0. The second-order valence-corrected chi connectivity index (χ2v) is 7.28. The lowest BCUT2D eigenvalue weighted by Gasteiger charge is -2.29. The molecule has 0 aliphatic heterocycles. The molecule has 0 heterocycles. The van der Waals surface area contributed by atoms with Gasteiger partial charge in [-0.25, -0.2) is 0 Å². The number of nitrogens with two attached hydrogens (primary N) is 1. The Balaban J connectivity index is 2.30.